The minimum absolute atomic E-state index is 0.309. The Morgan fingerprint density at radius 1 is 1.00 bits per heavy atom. The van der Waals surface area contributed by atoms with Gasteiger partial charge in [-0.1, -0.05) is 28.1 Å². The van der Waals surface area contributed by atoms with Crippen LogP contribution >= 0.6 is 15.9 Å². The van der Waals surface area contributed by atoms with Gasteiger partial charge in [-0.15, -0.1) is 0 Å². The minimum Gasteiger partial charge on any atom is -0.366 e. The maximum Gasteiger partial charge on any atom is 0.225 e. The maximum atomic E-state index is 12.3. The molecule has 0 radical (unpaired) electrons. The van der Waals surface area contributed by atoms with Crippen molar-refractivity contribution in [1.82, 2.24) is 14.5 Å². The summed E-state index contributed by atoms with van der Waals surface area (Å²) in [5.41, 5.74) is 4.63. The first-order valence-corrected chi connectivity index (χ1v) is 10.3. The van der Waals surface area contributed by atoms with Gasteiger partial charge >= 0.3 is 0 Å². The molecule has 27 heavy (non-hydrogen) atoms. The van der Waals surface area contributed by atoms with Crippen LogP contribution in [0, 0.1) is 5.92 Å². The van der Waals surface area contributed by atoms with Crippen molar-refractivity contribution in [2.75, 3.05) is 31.1 Å². The van der Waals surface area contributed by atoms with Crippen LogP contribution < -0.4 is 4.90 Å². The quantitative estimate of drug-likeness (QED) is 0.641. The number of rotatable bonds is 3. The normalized spacial score (nSPS) is 17.5. The Bertz CT molecular complexity index is 985. The lowest BCUT2D eigenvalue weighted by atomic mass is 10.1. The Labute approximate surface area is 166 Å². The molecular weight excluding hydrogens is 404 g/mol. The molecule has 6 heteroatoms. The first-order chi connectivity index (χ1) is 13.2. The highest BCUT2D eigenvalue weighted by atomic mass is 79.9. The van der Waals surface area contributed by atoms with Crippen molar-refractivity contribution in [1.29, 1.82) is 0 Å². The number of anilines is 1. The summed E-state index contributed by atoms with van der Waals surface area (Å²) >= 11 is 3.49. The van der Waals surface area contributed by atoms with Crippen LogP contribution in [0.15, 0.2) is 53.3 Å². The number of halogens is 1. The fourth-order valence-corrected chi connectivity index (χ4v) is 4.09. The summed E-state index contributed by atoms with van der Waals surface area (Å²) in [7, 11) is 0. The number of nitrogens with zero attached hydrogens (tertiary/aromatic N) is 4. The molecule has 1 aliphatic carbocycles. The van der Waals surface area contributed by atoms with Gasteiger partial charge in [0.15, 0.2) is 0 Å². The standard InChI is InChI=1S/C21H21BrN4O/c22-18-5-3-15(4-6-18)17-13-20-19(7-8-23-26(20)14-17)24-9-11-25(12-10-24)21(27)16-1-2-16/h3-8,13-14,16H,1-2,9-12H2. The number of piperazine rings is 1. The number of fused-ring (bicyclic) bond motifs is 1. The van der Waals surface area contributed by atoms with Crippen molar-refractivity contribution >= 4 is 33.0 Å². The van der Waals surface area contributed by atoms with Gasteiger partial charge in [-0.2, -0.15) is 5.10 Å². The molecule has 0 N–H and O–H groups in total. The van der Waals surface area contributed by atoms with Gasteiger partial charge in [0.05, 0.1) is 11.2 Å². The molecule has 138 valence electrons. The number of benzene rings is 1. The minimum atomic E-state index is 0.309. The van der Waals surface area contributed by atoms with E-state index in [1.54, 1.807) is 0 Å². The second-order valence-electron chi connectivity index (χ2n) is 7.37. The van der Waals surface area contributed by atoms with E-state index in [2.05, 4.69) is 68.5 Å². The molecule has 3 heterocycles. The molecule has 1 saturated heterocycles. The van der Waals surface area contributed by atoms with Crippen molar-refractivity contribution in [3.8, 4) is 11.1 Å². The lowest BCUT2D eigenvalue weighted by Gasteiger charge is -2.36. The van der Waals surface area contributed by atoms with Gasteiger partial charge in [0.2, 0.25) is 5.91 Å². The maximum absolute atomic E-state index is 12.3. The van der Waals surface area contributed by atoms with E-state index < -0.39 is 0 Å². The number of aromatic nitrogens is 2. The van der Waals surface area contributed by atoms with Gasteiger partial charge in [0.1, 0.15) is 0 Å². The van der Waals surface area contributed by atoms with Crippen molar-refractivity contribution in [2.24, 2.45) is 5.92 Å². The Morgan fingerprint density at radius 3 is 2.44 bits per heavy atom. The van der Waals surface area contributed by atoms with Crippen LogP contribution in [-0.4, -0.2) is 46.6 Å². The number of carbonyl (C=O) groups excluding carboxylic acids is 1. The SMILES string of the molecule is O=C(C1CC1)N1CCN(c2ccnn3cc(-c4ccc(Br)cc4)cc23)CC1. The highest BCUT2D eigenvalue weighted by Crippen LogP contribution is 2.32. The third-order valence-corrected chi connectivity index (χ3v) is 6.05. The highest BCUT2D eigenvalue weighted by molar-refractivity contribution is 9.10. The topological polar surface area (TPSA) is 40.9 Å². The summed E-state index contributed by atoms with van der Waals surface area (Å²) < 4.78 is 3.03. The summed E-state index contributed by atoms with van der Waals surface area (Å²) in [5, 5.41) is 4.49. The van der Waals surface area contributed by atoms with E-state index in [1.807, 2.05) is 15.6 Å². The fourth-order valence-electron chi connectivity index (χ4n) is 3.82. The molecule has 0 atom stereocenters. The first-order valence-electron chi connectivity index (χ1n) is 9.46. The van der Waals surface area contributed by atoms with Crippen molar-refractivity contribution in [3.05, 3.63) is 53.3 Å². The lowest BCUT2D eigenvalue weighted by molar-refractivity contribution is -0.132. The van der Waals surface area contributed by atoms with Gasteiger partial charge in [-0.3, -0.25) is 4.79 Å². The molecule has 3 aromatic rings. The molecule has 0 unspecified atom stereocenters. The van der Waals surface area contributed by atoms with Gasteiger partial charge in [-0.25, -0.2) is 4.52 Å². The summed E-state index contributed by atoms with van der Waals surface area (Å²) in [6, 6.07) is 12.6. The fraction of sp³-hybridized carbons (Fsp3) is 0.333. The van der Waals surface area contributed by atoms with Crippen molar-refractivity contribution in [3.63, 3.8) is 0 Å². The molecule has 0 spiro atoms. The smallest absolute Gasteiger partial charge is 0.225 e. The molecule has 2 fully saturated rings. The summed E-state index contributed by atoms with van der Waals surface area (Å²) in [6.45, 7) is 3.36. The average Bonchev–Trinajstić information content (AvgIpc) is 3.46. The average molecular weight is 425 g/mol. The molecule has 5 nitrogen and oxygen atoms in total. The van der Waals surface area contributed by atoms with Crippen LogP contribution in [0.3, 0.4) is 0 Å². The second kappa shape index (κ2) is 6.68. The Hall–Kier alpha value is -2.34. The van der Waals surface area contributed by atoms with Gasteiger partial charge in [0, 0.05) is 54.5 Å². The Kier molecular flexibility index (Phi) is 4.16. The van der Waals surface area contributed by atoms with Crippen molar-refractivity contribution in [2.45, 2.75) is 12.8 Å². The Morgan fingerprint density at radius 2 is 1.74 bits per heavy atom. The van der Waals surface area contributed by atoms with E-state index in [0.29, 0.717) is 11.8 Å². The van der Waals surface area contributed by atoms with Crippen molar-refractivity contribution < 1.29 is 4.79 Å². The third kappa shape index (κ3) is 3.23. The molecular formula is C21H21BrN4O. The van der Waals surface area contributed by atoms with Crippen LogP contribution in [0.5, 0.6) is 0 Å². The molecule has 5 rings (SSSR count). The molecule has 1 aliphatic heterocycles. The van der Waals surface area contributed by atoms with E-state index in [0.717, 1.165) is 54.6 Å². The van der Waals surface area contributed by atoms with Crippen LogP contribution in [-0.2, 0) is 4.79 Å². The molecule has 1 aromatic carbocycles. The van der Waals surface area contributed by atoms with E-state index >= 15 is 0 Å². The first kappa shape index (κ1) is 16.8. The largest absolute Gasteiger partial charge is 0.366 e. The highest BCUT2D eigenvalue weighted by Gasteiger charge is 2.34. The monoisotopic (exact) mass is 424 g/mol. The lowest BCUT2D eigenvalue weighted by Crippen LogP contribution is -2.49. The zero-order valence-electron chi connectivity index (χ0n) is 15.0. The van der Waals surface area contributed by atoms with E-state index in [9.17, 15) is 4.79 Å². The predicted molar refractivity (Wildman–Crippen MR) is 110 cm³/mol. The Balaban J connectivity index is 1.40. The second-order valence-corrected chi connectivity index (χ2v) is 8.28. The third-order valence-electron chi connectivity index (χ3n) is 5.52. The van der Waals surface area contributed by atoms with Gasteiger partial charge in [-0.05, 0) is 42.7 Å². The van der Waals surface area contributed by atoms with Crippen LogP contribution in [0.4, 0.5) is 5.69 Å². The van der Waals surface area contributed by atoms with Crippen LogP contribution in [0.2, 0.25) is 0 Å². The number of hydrogen-bond acceptors (Lipinski definition) is 3. The molecule has 1 saturated carbocycles. The number of carbonyl (C=O) groups is 1. The zero-order chi connectivity index (χ0) is 18.4. The van der Waals surface area contributed by atoms with Crippen LogP contribution in [0.1, 0.15) is 12.8 Å². The number of hydrogen-bond donors (Lipinski definition) is 0. The van der Waals surface area contributed by atoms with Gasteiger partial charge in [0.25, 0.3) is 0 Å². The number of amides is 1. The van der Waals surface area contributed by atoms with Gasteiger partial charge < -0.3 is 9.80 Å². The summed E-state index contributed by atoms with van der Waals surface area (Å²) in [5.74, 6) is 0.665. The zero-order valence-corrected chi connectivity index (χ0v) is 16.6. The van der Waals surface area contributed by atoms with Crippen LogP contribution in [0.25, 0.3) is 16.6 Å². The predicted octanol–water partition coefficient (Wildman–Crippen LogP) is 3.82. The molecule has 0 bridgehead atoms. The summed E-state index contributed by atoms with van der Waals surface area (Å²) in [6.07, 6.45) is 6.09. The van der Waals surface area contributed by atoms with E-state index in [-0.39, 0.29) is 0 Å². The molecule has 1 amide bonds. The summed E-state index contributed by atoms with van der Waals surface area (Å²) in [4.78, 5) is 16.7. The molecule has 2 aromatic heterocycles. The van der Waals surface area contributed by atoms with E-state index in [1.165, 1.54) is 11.3 Å². The molecule has 2 aliphatic rings. The van der Waals surface area contributed by atoms with E-state index in [4.69, 9.17) is 0 Å².